The van der Waals surface area contributed by atoms with Crippen LogP contribution in [-0.4, -0.2) is 43.5 Å². The average molecular weight is 413 g/mol. The number of hydrogen-bond acceptors (Lipinski definition) is 3. The van der Waals surface area contributed by atoms with Crippen LogP contribution in [0.5, 0.6) is 0 Å². The smallest absolute Gasteiger partial charge is 0.214 e. The van der Waals surface area contributed by atoms with Crippen molar-refractivity contribution in [2.24, 2.45) is 0 Å². The molecular formula is C16H34FO3SiZr-. The molecule has 0 bridgehead atoms. The summed E-state index contributed by atoms with van der Waals surface area (Å²) in [7, 11) is -2.48. The van der Waals surface area contributed by atoms with Gasteiger partial charge in [-0.25, -0.2) is 12.1 Å². The topological polar surface area (TPSA) is 60.7 Å². The first-order chi connectivity index (χ1) is 9.85. The van der Waals surface area contributed by atoms with Crippen molar-refractivity contribution in [3.63, 3.8) is 0 Å². The summed E-state index contributed by atoms with van der Waals surface area (Å²) in [4.78, 5) is 0. The third kappa shape index (κ3) is 28.4. The molecule has 132 valence electrons. The molecule has 0 aromatic heterocycles. The molecule has 0 heterocycles. The molecule has 0 saturated carbocycles. The summed E-state index contributed by atoms with van der Waals surface area (Å²) < 4.78 is 13.1. The number of rotatable bonds is 4. The molecule has 0 atom stereocenters. The Labute approximate surface area is 156 Å². The van der Waals surface area contributed by atoms with Crippen molar-refractivity contribution in [1.29, 1.82) is 0 Å². The van der Waals surface area contributed by atoms with Crippen molar-refractivity contribution in [3.05, 3.63) is 24.3 Å². The predicted molar refractivity (Wildman–Crippen MR) is 92.4 cm³/mol. The first kappa shape index (κ1) is 30.2. The maximum atomic E-state index is 13.1. The van der Waals surface area contributed by atoms with Crippen LogP contribution in [0.1, 0.15) is 40.0 Å². The first-order valence-electron chi connectivity index (χ1n) is 7.59. The molecule has 0 spiro atoms. The maximum absolute atomic E-state index is 13.1. The predicted octanol–water partition coefficient (Wildman–Crippen LogP) is 2.95. The Bertz CT molecular complexity index is 249. The summed E-state index contributed by atoms with van der Waals surface area (Å²) in [6.07, 6.45) is 2.62. The molecule has 0 aliphatic heterocycles. The fraction of sp³-hybridized carbons (Fsp3) is 0.688. The van der Waals surface area contributed by atoms with Gasteiger partial charge in [0.2, 0.25) is 8.41 Å². The second-order valence-electron chi connectivity index (χ2n) is 4.82. The molecule has 3 N–H and O–H groups in total. The molecule has 1 aromatic rings. The number of hydrogen-bond donors (Lipinski definition) is 3. The minimum atomic E-state index is -2.48. The Morgan fingerprint density at radius 1 is 0.818 bits per heavy atom. The molecule has 1 aromatic carbocycles. The Kier molecular flexibility index (Phi) is 32.3. The fourth-order valence-corrected chi connectivity index (χ4v) is 1.76. The van der Waals surface area contributed by atoms with Crippen LogP contribution in [0.3, 0.4) is 0 Å². The van der Waals surface area contributed by atoms with Gasteiger partial charge in [0.15, 0.2) is 0 Å². The minimum absolute atomic E-state index is 0. The van der Waals surface area contributed by atoms with Crippen molar-refractivity contribution < 1.29 is 45.6 Å². The molecule has 0 saturated heterocycles. The summed E-state index contributed by atoms with van der Waals surface area (Å²) in [5.41, 5.74) is 0. The van der Waals surface area contributed by atoms with Gasteiger partial charge in [0.1, 0.15) is 0 Å². The van der Waals surface area contributed by atoms with Crippen LogP contribution in [0, 0.1) is 0 Å². The minimum Gasteiger partial charge on any atom is -0.396 e. The summed E-state index contributed by atoms with van der Waals surface area (Å²) in [5, 5.41) is 24.5. The molecule has 6 heteroatoms. The van der Waals surface area contributed by atoms with Gasteiger partial charge in [0, 0.05) is 46.0 Å². The maximum Gasteiger partial charge on any atom is 0.214 e. The molecular weight excluding hydrogens is 378 g/mol. The van der Waals surface area contributed by atoms with E-state index in [4.69, 9.17) is 15.3 Å². The second-order valence-corrected chi connectivity index (χ2v) is 8.34. The fourth-order valence-electron chi connectivity index (χ4n) is 0.770. The van der Waals surface area contributed by atoms with E-state index >= 15 is 0 Å². The molecule has 0 fully saturated rings. The number of halogens is 1. The van der Waals surface area contributed by atoms with E-state index in [2.05, 4.69) is 0 Å². The molecule has 0 amide bonds. The average Bonchev–Trinajstić information content (AvgIpc) is 3.02. The SMILES string of the molecule is CCCO.CCCO.CCCO.C[Si](C)(F)[c-]1cccc1.[Zr]. The van der Waals surface area contributed by atoms with E-state index < -0.39 is 8.41 Å². The Morgan fingerprint density at radius 3 is 1.14 bits per heavy atom. The van der Waals surface area contributed by atoms with E-state index in [0.29, 0.717) is 19.8 Å². The number of aliphatic hydroxyl groups excluding tert-OH is 3. The van der Waals surface area contributed by atoms with Crippen LogP contribution < -0.4 is 5.19 Å². The standard InChI is InChI=1S/C7H10FSi.3C3H8O.Zr/c1-9(2,8)7-5-3-4-6-7;3*1-2-3-4;/h3-6H,1-2H3;3*4H,2-3H2,1H3;/q-1;;;;. The van der Waals surface area contributed by atoms with E-state index in [1.165, 1.54) is 0 Å². The first-order valence-corrected chi connectivity index (χ1v) is 10.5. The van der Waals surface area contributed by atoms with Gasteiger partial charge >= 0.3 is 0 Å². The van der Waals surface area contributed by atoms with E-state index in [-0.39, 0.29) is 26.2 Å². The Hall–Kier alpha value is 0.260. The van der Waals surface area contributed by atoms with Crippen molar-refractivity contribution in [2.75, 3.05) is 19.8 Å². The molecule has 3 nitrogen and oxygen atoms in total. The van der Waals surface area contributed by atoms with E-state index in [1.54, 1.807) is 13.1 Å². The largest absolute Gasteiger partial charge is 0.396 e. The van der Waals surface area contributed by atoms with Crippen LogP contribution in [-0.2, 0) is 26.2 Å². The summed E-state index contributed by atoms with van der Waals surface area (Å²) >= 11 is 0. The van der Waals surface area contributed by atoms with Crippen LogP contribution in [0.25, 0.3) is 0 Å². The zero-order chi connectivity index (χ0) is 17.1. The van der Waals surface area contributed by atoms with Gasteiger partial charge in [-0.1, -0.05) is 20.8 Å². The van der Waals surface area contributed by atoms with Crippen molar-refractivity contribution in [2.45, 2.75) is 53.1 Å². The zero-order valence-corrected chi connectivity index (χ0v) is 18.2. The van der Waals surface area contributed by atoms with Gasteiger partial charge in [0.25, 0.3) is 0 Å². The van der Waals surface area contributed by atoms with Crippen molar-refractivity contribution in [1.82, 2.24) is 0 Å². The molecule has 0 aliphatic carbocycles. The quantitative estimate of drug-likeness (QED) is 0.405. The van der Waals surface area contributed by atoms with Gasteiger partial charge in [0.05, 0.1) is 0 Å². The molecule has 0 unspecified atom stereocenters. The van der Waals surface area contributed by atoms with Gasteiger partial charge in [-0.05, 0) is 32.4 Å². The molecule has 1 rings (SSSR count). The van der Waals surface area contributed by atoms with Crippen LogP contribution in [0.2, 0.25) is 13.1 Å². The molecule has 22 heavy (non-hydrogen) atoms. The summed E-state index contributed by atoms with van der Waals surface area (Å²) in [5.74, 6) is 0. The monoisotopic (exact) mass is 411 g/mol. The molecule has 0 radical (unpaired) electrons. The zero-order valence-electron chi connectivity index (χ0n) is 14.8. The van der Waals surface area contributed by atoms with E-state index in [0.717, 1.165) is 24.4 Å². The van der Waals surface area contributed by atoms with Gasteiger partial charge in [-0.3, -0.25) is 0 Å². The van der Waals surface area contributed by atoms with Gasteiger partial charge < -0.3 is 19.4 Å². The summed E-state index contributed by atoms with van der Waals surface area (Å²) in [6, 6.07) is 7.46. The third-order valence-corrected chi connectivity index (χ3v) is 3.73. The Morgan fingerprint density at radius 2 is 1.05 bits per heavy atom. The summed E-state index contributed by atoms with van der Waals surface area (Å²) in [6.45, 7) is 10.1. The van der Waals surface area contributed by atoms with Crippen LogP contribution >= 0.6 is 0 Å². The van der Waals surface area contributed by atoms with Crippen molar-refractivity contribution >= 4 is 13.6 Å². The Balaban J connectivity index is -0.000000107. The second kappa shape index (κ2) is 23.5. The van der Waals surface area contributed by atoms with Crippen molar-refractivity contribution in [3.8, 4) is 0 Å². The van der Waals surface area contributed by atoms with Crippen LogP contribution in [0.15, 0.2) is 24.3 Å². The van der Waals surface area contributed by atoms with Gasteiger partial charge in [-0.15, -0.1) is 5.19 Å². The normalized spacial score (nSPS) is 8.95. The number of aliphatic hydroxyl groups is 3. The van der Waals surface area contributed by atoms with E-state index in [9.17, 15) is 4.11 Å². The van der Waals surface area contributed by atoms with Crippen LogP contribution in [0.4, 0.5) is 4.11 Å². The van der Waals surface area contributed by atoms with E-state index in [1.807, 2.05) is 45.0 Å². The van der Waals surface area contributed by atoms with Gasteiger partial charge in [-0.2, -0.15) is 12.1 Å². The molecule has 0 aliphatic rings. The third-order valence-electron chi connectivity index (χ3n) is 2.02.